The maximum Gasteiger partial charge on any atom is 0.126 e. The first-order valence-corrected chi connectivity index (χ1v) is 6.66. The highest BCUT2D eigenvalue weighted by molar-refractivity contribution is 9.10. The lowest BCUT2D eigenvalue weighted by Crippen LogP contribution is -2.19. The van der Waals surface area contributed by atoms with Crippen LogP contribution in [0.2, 0.25) is 0 Å². The molecule has 0 saturated heterocycles. The van der Waals surface area contributed by atoms with Gasteiger partial charge in [-0.05, 0) is 42.8 Å². The average molecular weight is 308 g/mol. The van der Waals surface area contributed by atoms with Gasteiger partial charge in [-0.1, -0.05) is 46.3 Å². The van der Waals surface area contributed by atoms with Crippen molar-refractivity contribution in [1.29, 1.82) is 0 Å². The van der Waals surface area contributed by atoms with Gasteiger partial charge >= 0.3 is 0 Å². The van der Waals surface area contributed by atoms with E-state index >= 15 is 0 Å². The van der Waals surface area contributed by atoms with Crippen LogP contribution >= 0.6 is 15.9 Å². The first-order chi connectivity index (χ1) is 8.70. The van der Waals surface area contributed by atoms with Gasteiger partial charge in [0, 0.05) is 10.5 Å². The molecule has 1 N–H and O–H groups in total. The number of rotatable bonds is 4. The Balaban J connectivity index is 2.23. The topological polar surface area (TPSA) is 12.0 Å². The molecule has 0 fully saturated rings. The van der Waals surface area contributed by atoms with Crippen molar-refractivity contribution in [3.05, 3.63) is 69.9 Å². The molecule has 2 rings (SSSR count). The number of nitrogens with one attached hydrogen (secondary N) is 1. The summed E-state index contributed by atoms with van der Waals surface area (Å²) in [7, 11) is 1.90. The van der Waals surface area contributed by atoms with E-state index in [-0.39, 0.29) is 11.9 Å². The number of halogens is 2. The zero-order chi connectivity index (χ0) is 13.0. The summed E-state index contributed by atoms with van der Waals surface area (Å²) in [6, 6.07) is 15.1. The fourth-order valence-corrected chi connectivity index (χ4v) is 2.41. The monoisotopic (exact) mass is 307 g/mol. The summed E-state index contributed by atoms with van der Waals surface area (Å²) >= 11 is 3.46. The average Bonchev–Trinajstić information content (AvgIpc) is 2.38. The lowest BCUT2D eigenvalue weighted by Gasteiger charge is -2.17. The summed E-state index contributed by atoms with van der Waals surface area (Å²) < 4.78 is 14.7. The first kappa shape index (κ1) is 13.2. The third-order valence-electron chi connectivity index (χ3n) is 2.98. The van der Waals surface area contributed by atoms with E-state index < -0.39 is 0 Å². The highest BCUT2D eigenvalue weighted by Crippen LogP contribution is 2.22. The maximum absolute atomic E-state index is 13.6. The molecule has 0 bridgehead atoms. The van der Waals surface area contributed by atoms with E-state index in [1.807, 2.05) is 37.4 Å². The van der Waals surface area contributed by atoms with Crippen LogP contribution in [0, 0.1) is 5.82 Å². The predicted molar refractivity (Wildman–Crippen MR) is 76.0 cm³/mol. The van der Waals surface area contributed by atoms with Crippen LogP contribution in [0.1, 0.15) is 17.2 Å². The Morgan fingerprint density at radius 1 is 1.17 bits per heavy atom. The van der Waals surface area contributed by atoms with Gasteiger partial charge in [0.05, 0.1) is 0 Å². The number of likely N-dealkylation sites (N-methyl/N-ethyl adjacent to an activating group) is 1. The molecule has 0 radical (unpaired) electrons. The second kappa shape index (κ2) is 6.12. The molecule has 0 saturated carbocycles. The number of hydrogen-bond donors (Lipinski definition) is 1. The Labute approximate surface area is 115 Å². The molecular formula is C15H15BrFN. The Kier molecular flexibility index (Phi) is 4.50. The van der Waals surface area contributed by atoms with Crippen LogP contribution in [0.4, 0.5) is 4.39 Å². The van der Waals surface area contributed by atoms with E-state index in [4.69, 9.17) is 0 Å². The molecule has 94 valence electrons. The zero-order valence-electron chi connectivity index (χ0n) is 10.2. The molecule has 18 heavy (non-hydrogen) atoms. The summed E-state index contributed by atoms with van der Waals surface area (Å²) in [4.78, 5) is 0. The van der Waals surface area contributed by atoms with E-state index in [9.17, 15) is 4.39 Å². The van der Waals surface area contributed by atoms with Crippen molar-refractivity contribution in [2.24, 2.45) is 0 Å². The van der Waals surface area contributed by atoms with Crippen molar-refractivity contribution in [2.75, 3.05) is 7.05 Å². The molecule has 1 unspecified atom stereocenters. The van der Waals surface area contributed by atoms with E-state index in [1.54, 1.807) is 6.07 Å². The van der Waals surface area contributed by atoms with Gasteiger partial charge in [0.1, 0.15) is 5.82 Å². The summed E-state index contributed by atoms with van der Waals surface area (Å²) in [5.41, 5.74) is 1.88. The fourth-order valence-electron chi connectivity index (χ4n) is 1.99. The third-order valence-corrected chi connectivity index (χ3v) is 3.47. The standard InChI is InChI=1S/C15H15BrFN/c1-18-15(12-6-4-7-13(16)9-12)10-11-5-2-3-8-14(11)17/h2-9,15,18H,10H2,1H3. The van der Waals surface area contributed by atoms with Crippen molar-refractivity contribution in [2.45, 2.75) is 12.5 Å². The van der Waals surface area contributed by atoms with Crippen LogP contribution in [0.15, 0.2) is 53.0 Å². The van der Waals surface area contributed by atoms with Crippen molar-refractivity contribution >= 4 is 15.9 Å². The normalized spacial score (nSPS) is 12.4. The summed E-state index contributed by atoms with van der Waals surface area (Å²) in [6.07, 6.45) is 0.639. The zero-order valence-corrected chi connectivity index (χ0v) is 11.7. The van der Waals surface area contributed by atoms with Gasteiger partial charge < -0.3 is 5.32 Å². The van der Waals surface area contributed by atoms with Crippen molar-refractivity contribution in [3.63, 3.8) is 0 Å². The number of benzene rings is 2. The molecule has 0 heterocycles. The third kappa shape index (κ3) is 3.18. The van der Waals surface area contributed by atoms with Crippen LogP contribution in [-0.4, -0.2) is 7.05 Å². The molecule has 2 aromatic rings. The predicted octanol–water partition coefficient (Wildman–Crippen LogP) is 4.09. The Bertz CT molecular complexity index is 527. The van der Waals surface area contributed by atoms with Crippen LogP contribution in [0.5, 0.6) is 0 Å². The van der Waals surface area contributed by atoms with Gasteiger partial charge in [-0.15, -0.1) is 0 Å². The van der Waals surface area contributed by atoms with E-state index in [1.165, 1.54) is 6.07 Å². The minimum atomic E-state index is -0.146. The second-order valence-corrected chi connectivity index (χ2v) is 5.11. The molecule has 0 aromatic heterocycles. The Morgan fingerprint density at radius 2 is 1.94 bits per heavy atom. The van der Waals surface area contributed by atoms with E-state index in [0.717, 1.165) is 15.6 Å². The van der Waals surface area contributed by atoms with E-state index in [2.05, 4.69) is 27.3 Å². The van der Waals surface area contributed by atoms with Crippen molar-refractivity contribution < 1.29 is 4.39 Å². The lowest BCUT2D eigenvalue weighted by molar-refractivity contribution is 0.554. The molecule has 0 amide bonds. The minimum Gasteiger partial charge on any atom is -0.313 e. The highest BCUT2D eigenvalue weighted by Gasteiger charge is 2.12. The van der Waals surface area contributed by atoms with Gasteiger partial charge in [0.15, 0.2) is 0 Å². The maximum atomic E-state index is 13.6. The molecular weight excluding hydrogens is 293 g/mol. The van der Waals surface area contributed by atoms with Crippen molar-refractivity contribution in [1.82, 2.24) is 5.32 Å². The highest BCUT2D eigenvalue weighted by atomic mass is 79.9. The first-order valence-electron chi connectivity index (χ1n) is 5.87. The van der Waals surface area contributed by atoms with Crippen LogP contribution in [-0.2, 0) is 6.42 Å². The molecule has 0 aliphatic rings. The molecule has 2 aromatic carbocycles. The molecule has 3 heteroatoms. The fraction of sp³-hybridized carbons (Fsp3) is 0.200. The van der Waals surface area contributed by atoms with Crippen LogP contribution in [0.25, 0.3) is 0 Å². The molecule has 0 aliphatic heterocycles. The smallest absolute Gasteiger partial charge is 0.126 e. The van der Waals surface area contributed by atoms with Crippen LogP contribution in [0.3, 0.4) is 0 Å². The molecule has 0 spiro atoms. The quantitative estimate of drug-likeness (QED) is 0.897. The Hall–Kier alpha value is -1.19. The van der Waals surface area contributed by atoms with Crippen molar-refractivity contribution in [3.8, 4) is 0 Å². The molecule has 1 nitrogen and oxygen atoms in total. The summed E-state index contributed by atoms with van der Waals surface area (Å²) in [5, 5.41) is 3.23. The Morgan fingerprint density at radius 3 is 2.61 bits per heavy atom. The van der Waals surface area contributed by atoms with Gasteiger partial charge in [-0.3, -0.25) is 0 Å². The van der Waals surface area contributed by atoms with Gasteiger partial charge in [0.2, 0.25) is 0 Å². The summed E-state index contributed by atoms with van der Waals surface area (Å²) in [5.74, 6) is -0.146. The minimum absolute atomic E-state index is 0.111. The number of hydrogen-bond acceptors (Lipinski definition) is 1. The van der Waals surface area contributed by atoms with Gasteiger partial charge in [-0.2, -0.15) is 0 Å². The van der Waals surface area contributed by atoms with Crippen LogP contribution < -0.4 is 5.32 Å². The second-order valence-electron chi connectivity index (χ2n) is 4.19. The summed E-state index contributed by atoms with van der Waals surface area (Å²) in [6.45, 7) is 0. The molecule has 0 aliphatic carbocycles. The largest absolute Gasteiger partial charge is 0.313 e. The van der Waals surface area contributed by atoms with Gasteiger partial charge in [0.25, 0.3) is 0 Å². The lowest BCUT2D eigenvalue weighted by atomic mass is 9.99. The SMILES string of the molecule is CNC(Cc1ccccc1F)c1cccc(Br)c1. The van der Waals surface area contributed by atoms with Gasteiger partial charge in [-0.25, -0.2) is 4.39 Å². The molecule has 1 atom stereocenters. The van der Waals surface area contributed by atoms with E-state index in [0.29, 0.717) is 6.42 Å².